The van der Waals surface area contributed by atoms with Gasteiger partial charge in [0.2, 0.25) is 5.52 Å². The molecule has 5 heterocycles. The second-order valence-electron chi connectivity index (χ2n) is 12.1. The molecule has 1 aliphatic heterocycles. The second kappa shape index (κ2) is 15.2. The van der Waals surface area contributed by atoms with Crippen LogP contribution in [-0.2, 0) is 40.4 Å². The molecule has 6 rings (SSSR count). The molecule has 9 atom stereocenters. The van der Waals surface area contributed by atoms with E-state index in [0.717, 1.165) is 6.33 Å². The molecule has 0 bridgehead atoms. The Bertz CT molecular complexity index is 2430. The third kappa shape index (κ3) is 7.95. The number of aromatic nitrogens is 8. The van der Waals surface area contributed by atoms with Crippen molar-refractivity contribution in [1.29, 1.82) is 0 Å². The monoisotopic (exact) mass is 802 g/mol. The summed E-state index contributed by atoms with van der Waals surface area (Å²) in [7, 11) is -11.1. The quantitative estimate of drug-likeness (QED) is 0.0291. The molecule has 2 unspecified atom stereocenters. The van der Waals surface area contributed by atoms with Gasteiger partial charge >= 0.3 is 27.0 Å². The van der Waals surface area contributed by atoms with Gasteiger partial charge in [-0.3, -0.25) is 23.4 Å². The Hall–Kier alpha value is -4.17. The van der Waals surface area contributed by atoms with Crippen LogP contribution >= 0.6 is 15.6 Å². The fourth-order valence-electron chi connectivity index (χ4n) is 5.72. The summed E-state index contributed by atoms with van der Waals surface area (Å²) in [5.41, 5.74) is 5.23. The highest BCUT2D eigenvalue weighted by atomic mass is 31.3. The van der Waals surface area contributed by atoms with Gasteiger partial charge in [0.15, 0.2) is 23.2 Å². The number of aliphatic hydroxyl groups is 6. The van der Waals surface area contributed by atoms with E-state index in [1.54, 1.807) is 6.92 Å². The first-order valence-corrected chi connectivity index (χ1v) is 18.6. The summed E-state index contributed by atoms with van der Waals surface area (Å²) < 4.78 is 46.5. The first-order chi connectivity index (χ1) is 25.4. The Labute approximate surface area is 300 Å². The van der Waals surface area contributed by atoms with Gasteiger partial charge in [-0.15, -0.1) is 0 Å². The van der Waals surface area contributed by atoms with Gasteiger partial charge in [0, 0.05) is 0 Å². The summed E-state index contributed by atoms with van der Waals surface area (Å²) in [5.74, 6) is 0.0239. The lowest BCUT2D eigenvalue weighted by Gasteiger charge is -2.24. The topological polar surface area (TPSA) is 385 Å². The molecule has 1 fully saturated rings. The Morgan fingerprint density at radius 3 is 2.46 bits per heavy atom. The molecule has 4 aromatic heterocycles. The van der Waals surface area contributed by atoms with Gasteiger partial charge in [0.05, 0.1) is 26.1 Å². The molecular formula is C27H34N9O16P2+. The number of aliphatic hydroxyl groups excluding tert-OH is 6. The first kappa shape index (κ1) is 39.5. The zero-order valence-corrected chi connectivity index (χ0v) is 29.5. The predicted octanol–water partition coefficient (Wildman–Crippen LogP) is -3.77. The van der Waals surface area contributed by atoms with E-state index in [4.69, 9.17) is 15.0 Å². The first-order valence-electron chi connectivity index (χ1n) is 15.6. The number of nitrogen functional groups attached to an aromatic ring is 1. The average molecular weight is 803 g/mol. The molecule has 12 N–H and O–H groups in total. The van der Waals surface area contributed by atoms with Gasteiger partial charge in [-0.2, -0.15) is 9.29 Å². The largest absolute Gasteiger partial charge is 0.481 e. The van der Waals surface area contributed by atoms with Crippen molar-refractivity contribution in [2.45, 2.75) is 62.9 Å². The van der Waals surface area contributed by atoms with Gasteiger partial charge in [-0.1, -0.05) is 0 Å². The van der Waals surface area contributed by atoms with E-state index >= 15 is 0 Å². The number of nitrogens with zero attached hydrogens (tertiary/aromatic N) is 6. The number of aromatic amines is 2. The Kier molecular flexibility index (Phi) is 11.1. The van der Waals surface area contributed by atoms with Crippen LogP contribution in [0, 0.1) is 6.92 Å². The summed E-state index contributed by atoms with van der Waals surface area (Å²) in [6.07, 6.45) is -10.1. The summed E-state index contributed by atoms with van der Waals surface area (Å²) >= 11 is 0. The molecule has 0 amide bonds. The molecule has 54 heavy (non-hydrogen) atoms. The molecule has 27 heteroatoms. The average Bonchev–Trinajstić information content (AvgIpc) is 3.66. The molecule has 292 valence electrons. The summed E-state index contributed by atoms with van der Waals surface area (Å²) in [6, 6.07) is 3.01. The molecule has 0 radical (unpaired) electrons. The lowest BCUT2D eigenvalue weighted by atomic mass is 10.1. The number of imidazole rings is 1. The molecule has 0 saturated carbocycles. The zero-order valence-electron chi connectivity index (χ0n) is 27.7. The minimum absolute atomic E-state index is 0.0239. The minimum atomic E-state index is -5.56. The molecule has 1 saturated heterocycles. The van der Waals surface area contributed by atoms with E-state index in [9.17, 15) is 59.1 Å². The van der Waals surface area contributed by atoms with Crippen molar-refractivity contribution in [1.82, 2.24) is 34.5 Å². The van der Waals surface area contributed by atoms with E-state index in [-0.39, 0.29) is 39.2 Å². The Balaban J connectivity index is 1.08. The number of benzene rings is 1. The number of aryl methyl sites for hydroxylation is 1. The van der Waals surface area contributed by atoms with Gasteiger partial charge < -0.3 is 50.9 Å². The van der Waals surface area contributed by atoms with Crippen LogP contribution in [0.2, 0.25) is 0 Å². The van der Waals surface area contributed by atoms with Gasteiger partial charge in [-0.25, -0.2) is 38.4 Å². The summed E-state index contributed by atoms with van der Waals surface area (Å²) in [5, 5.41) is 62.9. The smallest absolute Gasteiger partial charge is 0.392 e. The van der Waals surface area contributed by atoms with Crippen molar-refractivity contribution >= 4 is 54.8 Å². The van der Waals surface area contributed by atoms with Gasteiger partial charge in [0.25, 0.3) is 5.56 Å². The lowest BCUT2D eigenvalue weighted by molar-refractivity contribution is -0.657. The standard InChI is InChI=1S/C27H33N9O16P2/c1-10-2-12-13(3-11(10)5-37)35(24-18(32-12)25(43)34-27(44)33-24)4-14(38)19(40)15(39)6-49-53(45,46)52-54(47,48)50-7-16-20(41)21(42)26(51-16)36-9-31-17-22(28)29-8-30-23(17)36/h2-3,8-9,14-16,19-21,26,37-42H,4-7H2,1H3,(H5,28,29,30,34,43,44,45,46,47,48)/p+1/t14-,15+,16+,19-,20+,21+,26+/m0/s1. The molecule has 25 nitrogen and oxygen atoms in total. The number of rotatable bonds is 14. The minimum Gasteiger partial charge on any atom is -0.392 e. The number of anilines is 1. The number of phosphoric acid groups is 2. The highest BCUT2D eigenvalue weighted by molar-refractivity contribution is 7.61. The lowest BCUT2D eigenvalue weighted by Crippen LogP contribution is -2.51. The van der Waals surface area contributed by atoms with E-state index < -0.39 is 96.1 Å². The van der Waals surface area contributed by atoms with Crippen LogP contribution in [0.25, 0.3) is 33.4 Å². The van der Waals surface area contributed by atoms with E-state index in [0.29, 0.717) is 11.1 Å². The molecule has 0 spiro atoms. The van der Waals surface area contributed by atoms with Crippen LogP contribution in [0.4, 0.5) is 5.82 Å². The number of phosphoric ester groups is 2. The van der Waals surface area contributed by atoms with Crippen molar-refractivity contribution in [3.05, 3.63) is 56.8 Å². The Morgan fingerprint density at radius 1 is 1.02 bits per heavy atom. The second-order valence-corrected chi connectivity index (χ2v) is 15.2. The number of H-pyrrole nitrogens is 2. The van der Waals surface area contributed by atoms with Gasteiger partial charge in [-0.05, 0) is 30.2 Å². The number of hydrogen-bond donors (Lipinski definition) is 11. The third-order valence-corrected chi connectivity index (χ3v) is 11.1. The zero-order chi connectivity index (χ0) is 39.3. The van der Waals surface area contributed by atoms with Crippen molar-refractivity contribution in [3.63, 3.8) is 0 Å². The van der Waals surface area contributed by atoms with E-state index in [2.05, 4.69) is 33.8 Å². The van der Waals surface area contributed by atoms with Crippen molar-refractivity contribution in [2.24, 2.45) is 0 Å². The number of nitrogens with two attached hydrogens (primary N) is 1. The van der Waals surface area contributed by atoms with Crippen LogP contribution < -0.4 is 21.5 Å². The molecule has 1 aromatic carbocycles. The van der Waals surface area contributed by atoms with Crippen molar-refractivity contribution < 1.29 is 72.2 Å². The molecule has 0 aliphatic carbocycles. The van der Waals surface area contributed by atoms with Crippen LogP contribution in [0.5, 0.6) is 0 Å². The molecule has 5 aromatic rings. The Morgan fingerprint density at radius 2 is 1.74 bits per heavy atom. The van der Waals surface area contributed by atoms with Crippen molar-refractivity contribution in [3.8, 4) is 0 Å². The van der Waals surface area contributed by atoms with E-state index in [1.807, 2.05) is 4.98 Å². The maximum Gasteiger partial charge on any atom is 0.481 e. The number of hydrogen-bond acceptors (Lipinski definition) is 19. The van der Waals surface area contributed by atoms with Crippen LogP contribution in [-0.4, -0.2) is 125 Å². The normalized spacial score (nSPS) is 23.1. The van der Waals surface area contributed by atoms with Gasteiger partial charge in [0.1, 0.15) is 60.5 Å². The maximum atomic E-state index is 12.5. The number of nitrogens with one attached hydrogen (secondary N) is 2. The fraction of sp³-hybridized carbons (Fsp3) is 0.444. The number of fused-ring (bicyclic) bond motifs is 3. The summed E-state index contributed by atoms with van der Waals surface area (Å²) in [4.78, 5) is 65.3. The highest BCUT2D eigenvalue weighted by Gasteiger charge is 2.46. The SMILES string of the molecule is Cc1cc2nc3c(=O)[nH]c(=O)[nH]c3[n+](C[C@H](O)[C@H](O)[C@H](O)COP(=O)(O)OP(=O)(O)OC[C@H]3O[C@@H](n4cnc5c(N)ncnc54)[C@H](O)[C@@H]3O)c2cc1CO. The molecule has 1 aliphatic rings. The van der Waals surface area contributed by atoms with Crippen molar-refractivity contribution in [2.75, 3.05) is 18.9 Å². The van der Waals surface area contributed by atoms with Crippen LogP contribution in [0.3, 0.4) is 0 Å². The predicted molar refractivity (Wildman–Crippen MR) is 178 cm³/mol. The number of ether oxygens (including phenoxy) is 1. The maximum absolute atomic E-state index is 12.5. The fourth-order valence-corrected chi connectivity index (χ4v) is 7.81. The summed E-state index contributed by atoms with van der Waals surface area (Å²) in [6.45, 7) is -1.59. The highest BCUT2D eigenvalue weighted by Crippen LogP contribution is 2.60. The van der Waals surface area contributed by atoms with Crippen LogP contribution in [0.1, 0.15) is 17.4 Å². The van der Waals surface area contributed by atoms with Crippen LogP contribution in [0.15, 0.2) is 34.4 Å². The molecular weight excluding hydrogens is 768 g/mol. The third-order valence-electron chi connectivity index (χ3n) is 8.47. The van der Waals surface area contributed by atoms with E-state index in [1.165, 1.54) is 27.6 Å².